The summed E-state index contributed by atoms with van der Waals surface area (Å²) < 4.78 is 0. The second-order valence-electron chi connectivity index (χ2n) is 1.98. The van der Waals surface area contributed by atoms with Crippen LogP contribution in [0.3, 0.4) is 0 Å². The predicted octanol–water partition coefficient (Wildman–Crippen LogP) is -0.331. The molecular weight excluding hydrogens is 104 g/mol. The fourth-order valence-electron chi connectivity index (χ4n) is 0.663. The van der Waals surface area contributed by atoms with Crippen molar-refractivity contribution in [2.24, 2.45) is 4.99 Å². The van der Waals surface area contributed by atoms with Gasteiger partial charge in [-0.3, -0.25) is 4.99 Å². The first-order valence-electron chi connectivity index (χ1n) is 2.64. The normalized spacial score (nSPS) is 28.6. The van der Waals surface area contributed by atoms with Crippen LogP contribution in [0.5, 0.6) is 0 Å². The number of likely N-dealkylation sites (N-methyl/N-ethyl adjacent to an activating group) is 1. The van der Waals surface area contributed by atoms with Crippen LogP contribution in [-0.2, 0) is 0 Å². The summed E-state index contributed by atoms with van der Waals surface area (Å²) in [5, 5.41) is 8.98. The summed E-state index contributed by atoms with van der Waals surface area (Å²) in [4.78, 5) is 5.74. The van der Waals surface area contributed by atoms with E-state index in [2.05, 4.69) is 4.99 Å². The Labute approximate surface area is 48.6 Å². The van der Waals surface area contributed by atoms with Gasteiger partial charge in [-0.25, -0.2) is 0 Å². The zero-order valence-electron chi connectivity index (χ0n) is 5.13. The van der Waals surface area contributed by atoms with E-state index >= 15 is 0 Å². The molecule has 0 fully saturated rings. The van der Waals surface area contributed by atoms with Gasteiger partial charge in [0.1, 0.15) is 6.23 Å². The van der Waals surface area contributed by atoms with Gasteiger partial charge in [-0.1, -0.05) is 0 Å². The lowest BCUT2D eigenvalue weighted by Crippen LogP contribution is -2.30. The largest absolute Gasteiger partial charge is 0.372 e. The Kier molecular flexibility index (Phi) is 1.21. The highest BCUT2D eigenvalue weighted by Gasteiger charge is 2.16. The van der Waals surface area contributed by atoms with Gasteiger partial charge >= 0.3 is 0 Å². The second-order valence-corrected chi connectivity index (χ2v) is 1.98. The van der Waals surface area contributed by atoms with Gasteiger partial charge in [-0.2, -0.15) is 0 Å². The van der Waals surface area contributed by atoms with Crippen molar-refractivity contribution < 1.29 is 5.11 Å². The van der Waals surface area contributed by atoms with Gasteiger partial charge in [-0.15, -0.1) is 0 Å². The third-order valence-corrected chi connectivity index (χ3v) is 1.44. The molecule has 0 spiro atoms. The van der Waals surface area contributed by atoms with Crippen LogP contribution < -0.4 is 0 Å². The molecule has 0 saturated carbocycles. The molecule has 1 heterocycles. The molecule has 1 rings (SSSR count). The average molecular weight is 114 g/mol. The molecule has 0 radical (unpaired) electrons. The molecule has 0 amide bonds. The van der Waals surface area contributed by atoms with Crippen molar-refractivity contribution in [3.8, 4) is 0 Å². The van der Waals surface area contributed by atoms with Crippen molar-refractivity contribution in [3.63, 3.8) is 0 Å². The van der Waals surface area contributed by atoms with E-state index in [1.54, 1.807) is 4.90 Å². The van der Waals surface area contributed by atoms with Gasteiger partial charge in [-0.05, 0) is 6.92 Å². The van der Waals surface area contributed by atoms with Gasteiger partial charge < -0.3 is 10.0 Å². The van der Waals surface area contributed by atoms with Crippen LogP contribution in [0.25, 0.3) is 0 Å². The minimum atomic E-state index is -0.380. The number of aliphatic imine (C=N–C) groups is 1. The van der Waals surface area contributed by atoms with Gasteiger partial charge in [0, 0.05) is 7.05 Å². The van der Waals surface area contributed by atoms with Crippen LogP contribution in [0.15, 0.2) is 4.99 Å². The fourth-order valence-corrected chi connectivity index (χ4v) is 0.663. The molecule has 0 aromatic carbocycles. The molecule has 1 atom stereocenters. The molecule has 3 nitrogen and oxygen atoms in total. The predicted molar refractivity (Wildman–Crippen MR) is 31.7 cm³/mol. The Morgan fingerprint density at radius 3 is 2.62 bits per heavy atom. The summed E-state index contributed by atoms with van der Waals surface area (Å²) >= 11 is 0. The molecule has 1 unspecified atom stereocenters. The maximum Gasteiger partial charge on any atom is 0.147 e. The molecular formula is C5H10N2O. The first kappa shape index (κ1) is 5.56. The van der Waals surface area contributed by atoms with E-state index in [9.17, 15) is 0 Å². The molecule has 1 aliphatic rings. The molecule has 8 heavy (non-hydrogen) atoms. The Balaban J connectivity index is 2.59. The van der Waals surface area contributed by atoms with E-state index in [0.717, 1.165) is 5.84 Å². The van der Waals surface area contributed by atoms with Crippen molar-refractivity contribution in [1.82, 2.24) is 4.90 Å². The summed E-state index contributed by atoms with van der Waals surface area (Å²) in [6, 6.07) is 0. The Hall–Kier alpha value is -0.570. The highest BCUT2D eigenvalue weighted by atomic mass is 16.3. The Morgan fingerprint density at radius 2 is 2.50 bits per heavy atom. The smallest absolute Gasteiger partial charge is 0.147 e. The Bertz CT molecular complexity index is 122. The lowest BCUT2D eigenvalue weighted by molar-refractivity contribution is 0.0916. The first-order chi connectivity index (χ1) is 3.72. The molecule has 0 aliphatic carbocycles. The lowest BCUT2D eigenvalue weighted by atomic mass is 10.5. The molecule has 46 valence electrons. The third kappa shape index (κ3) is 0.690. The molecule has 3 heteroatoms. The summed E-state index contributed by atoms with van der Waals surface area (Å²) in [5.74, 6) is 0.914. The maximum atomic E-state index is 8.98. The number of nitrogens with zero attached hydrogens (tertiary/aromatic N) is 2. The van der Waals surface area contributed by atoms with Crippen molar-refractivity contribution in [3.05, 3.63) is 0 Å². The van der Waals surface area contributed by atoms with E-state index in [4.69, 9.17) is 5.11 Å². The fraction of sp³-hybridized carbons (Fsp3) is 0.800. The minimum Gasteiger partial charge on any atom is -0.372 e. The van der Waals surface area contributed by atoms with Crippen LogP contribution >= 0.6 is 0 Å². The Morgan fingerprint density at radius 1 is 1.88 bits per heavy atom. The van der Waals surface area contributed by atoms with Gasteiger partial charge in [0.2, 0.25) is 0 Å². The monoisotopic (exact) mass is 114 g/mol. The quantitative estimate of drug-likeness (QED) is 0.468. The van der Waals surface area contributed by atoms with Crippen molar-refractivity contribution in [1.29, 1.82) is 0 Å². The molecule has 0 saturated heterocycles. The topological polar surface area (TPSA) is 35.8 Å². The number of hydrogen-bond donors (Lipinski definition) is 1. The summed E-state index contributed by atoms with van der Waals surface area (Å²) in [5.41, 5.74) is 0. The average Bonchev–Trinajstić information content (AvgIpc) is 1.98. The van der Waals surface area contributed by atoms with Crippen molar-refractivity contribution in [2.45, 2.75) is 13.2 Å². The number of aliphatic hydroxyl groups is 1. The van der Waals surface area contributed by atoms with Crippen LogP contribution in [0, 0.1) is 0 Å². The van der Waals surface area contributed by atoms with E-state index in [1.165, 1.54) is 0 Å². The number of aliphatic hydroxyl groups excluding tert-OH is 1. The highest BCUT2D eigenvalue weighted by Crippen LogP contribution is 2.02. The zero-order chi connectivity index (χ0) is 6.15. The highest BCUT2D eigenvalue weighted by molar-refractivity contribution is 5.81. The lowest BCUT2D eigenvalue weighted by Gasteiger charge is -2.15. The number of hydrogen-bond acceptors (Lipinski definition) is 3. The second kappa shape index (κ2) is 1.74. The van der Waals surface area contributed by atoms with E-state index in [1.807, 2.05) is 14.0 Å². The minimum absolute atomic E-state index is 0.380. The van der Waals surface area contributed by atoms with E-state index in [0.29, 0.717) is 6.54 Å². The summed E-state index contributed by atoms with van der Waals surface area (Å²) in [6.45, 7) is 2.42. The van der Waals surface area contributed by atoms with Gasteiger partial charge in [0.25, 0.3) is 0 Å². The molecule has 1 aliphatic heterocycles. The van der Waals surface area contributed by atoms with Crippen molar-refractivity contribution >= 4 is 5.84 Å². The number of amidine groups is 1. The van der Waals surface area contributed by atoms with E-state index in [-0.39, 0.29) is 6.23 Å². The number of rotatable bonds is 0. The summed E-state index contributed by atoms with van der Waals surface area (Å²) in [7, 11) is 1.83. The summed E-state index contributed by atoms with van der Waals surface area (Å²) in [6.07, 6.45) is -0.380. The van der Waals surface area contributed by atoms with E-state index < -0.39 is 0 Å². The maximum absolute atomic E-state index is 8.98. The van der Waals surface area contributed by atoms with Crippen LogP contribution in [0.2, 0.25) is 0 Å². The third-order valence-electron chi connectivity index (χ3n) is 1.44. The molecule has 1 N–H and O–H groups in total. The SMILES string of the molecule is CC1=NCC(O)N1C. The molecule has 0 aromatic heterocycles. The van der Waals surface area contributed by atoms with Crippen molar-refractivity contribution in [2.75, 3.05) is 13.6 Å². The van der Waals surface area contributed by atoms with Crippen LogP contribution in [0.4, 0.5) is 0 Å². The van der Waals surface area contributed by atoms with Gasteiger partial charge in [0.15, 0.2) is 0 Å². The standard InChI is InChI=1S/C5H10N2O/c1-4-6-3-5(8)7(4)2/h5,8H,3H2,1-2H3. The van der Waals surface area contributed by atoms with Gasteiger partial charge in [0.05, 0.1) is 12.4 Å². The van der Waals surface area contributed by atoms with Crippen LogP contribution in [0.1, 0.15) is 6.92 Å². The zero-order valence-corrected chi connectivity index (χ0v) is 5.13. The molecule has 0 aromatic rings. The van der Waals surface area contributed by atoms with Crippen LogP contribution in [-0.4, -0.2) is 35.7 Å². The first-order valence-corrected chi connectivity index (χ1v) is 2.64. The molecule has 0 bridgehead atoms.